The number of anilines is 1. The summed E-state index contributed by atoms with van der Waals surface area (Å²) >= 11 is 3.33. The molecule has 2 N–H and O–H groups in total. The van der Waals surface area contributed by atoms with Crippen LogP contribution in [-0.4, -0.2) is 12.5 Å². The number of aryl methyl sites for hydroxylation is 1. The van der Waals surface area contributed by atoms with Crippen LogP contribution in [0.25, 0.3) is 0 Å². The van der Waals surface area contributed by atoms with Crippen LogP contribution in [0.2, 0.25) is 0 Å². The van der Waals surface area contributed by atoms with Crippen LogP contribution in [0.4, 0.5) is 5.69 Å². The Morgan fingerprint density at radius 3 is 2.58 bits per heavy atom. The molecule has 2 aromatic carbocycles. The van der Waals surface area contributed by atoms with E-state index in [4.69, 9.17) is 5.26 Å². The highest BCUT2D eigenvalue weighted by atomic mass is 79.9. The van der Waals surface area contributed by atoms with Gasteiger partial charge >= 0.3 is 0 Å². The van der Waals surface area contributed by atoms with Gasteiger partial charge in [-0.1, -0.05) is 40.2 Å². The van der Waals surface area contributed by atoms with Crippen LogP contribution < -0.4 is 10.6 Å². The van der Waals surface area contributed by atoms with E-state index < -0.39 is 5.91 Å². The van der Waals surface area contributed by atoms with Gasteiger partial charge in [0.1, 0.15) is 11.6 Å². The first-order chi connectivity index (χ1) is 11.6. The Labute approximate surface area is 150 Å². The van der Waals surface area contributed by atoms with Gasteiger partial charge in [0.05, 0.1) is 0 Å². The number of carbonyl (C=O) groups excluding carboxylic acids is 1. The largest absolute Gasteiger partial charge is 0.389 e. The lowest BCUT2D eigenvalue weighted by Gasteiger charge is -2.07. The molecule has 0 aliphatic heterocycles. The molecule has 2 aromatic rings. The molecule has 122 valence electrons. The maximum Gasteiger partial charge on any atom is 0.267 e. The van der Waals surface area contributed by atoms with Crippen LogP contribution in [0.5, 0.6) is 0 Å². The molecular weight excluding hydrogens is 366 g/mol. The molecule has 2 rings (SSSR count). The summed E-state index contributed by atoms with van der Waals surface area (Å²) in [5.74, 6) is -0.428. The molecule has 0 aromatic heterocycles. The molecule has 0 radical (unpaired) electrons. The molecule has 24 heavy (non-hydrogen) atoms. The highest BCUT2D eigenvalue weighted by molar-refractivity contribution is 9.10. The van der Waals surface area contributed by atoms with Gasteiger partial charge < -0.3 is 10.6 Å². The zero-order chi connectivity index (χ0) is 17.4. The van der Waals surface area contributed by atoms with E-state index >= 15 is 0 Å². The van der Waals surface area contributed by atoms with Gasteiger partial charge in [0, 0.05) is 22.9 Å². The van der Waals surface area contributed by atoms with Crippen molar-refractivity contribution in [3.8, 4) is 6.07 Å². The number of benzene rings is 2. The third-order valence-electron chi connectivity index (χ3n) is 3.51. The van der Waals surface area contributed by atoms with Gasteiger partial charge in [-0.15, -0.1) is 0 Å². The number of carbonyl (C=O) groups is 1. The summed E-state index contributed by atoms with van der Waals surface area (Å²) in [5, 5.41) is 14.9. The number of amides is 1. The van der Waals surface area contributed by atoms with E-state index in [1.807, 2.05) is 30.3 Å². The van der Waals surface area contributed by atoms with Gasteiger partial charge in [0.25, 0.3) is 5.91 Å². The first-order valence-electron chi connectivity index (χ1n) is 7.55. The molecule has 0 saturated heterocycles. The maximum atomic E-state index is 12.1. The maximum absolute atomic E-state index is 12.1. The van der Waals surface area contributed by atoms with Gasteiger partial charge in [-0.2, -0.15) is 5.26 Å². The average Bonchev–Trinajstić information content (AvgIpc) is 2.58. The zero-order valence-electron chi connectivity index (χ0n) is 13.3. The predicted octanol–water partition coefficient (Wildman–Crippen LogP) is 3.94. The Morgan fingerprint density at radius 2 is 1.92 bits per heavy atom. The SMILES string of the molecule is Cc1ccccc1CCN/C=C(/C#N)C(=O)Nc1ccc(Br)cc1. The molecular formula is C19H18BrN3O. The Bertz CT molecular complexity index is 776. The third kappa shape index (κ3) is 5.25. The second kappa shape index (κ2) is 8.90. The van der Waals surface area contributed by atoms with E-state index in [1.54, 1.807) is 12.1 Å². The number of nitrogens with one attached hydrogen (secondary N) is 2. The monoisotopic (exact) mass is 383 g/mol. The first-order valence-corrected chi connectivity index (χ1v) is 8.34. The van der Waals surface area contributed by atoms with Crippen molar-refractivity contribution < 1.29 is 4.79 Å². The lowest BCUT2D eigenvalue weighted by atomic mass is 10.1. The number of rotatable bonds is 6. The summed E-state index contributed by atoms with van der Waals surface area (Å²) in [7, 11) is 0. The third-order valence-corrected chi connectivity index (χ3v) is 4.04. The summed E-state index contributed by atoms with van der Waals surface area (Å²) < 4.78 is 0.925. The Hall–Kier alpha value is -2.58. The molecule has 0 unspecified atom stereocenters. The van der Waals surface area contributed by atoms with Crippen LogP contribution in [0.3, 0.4) is 0 Å². The minimum absolute atomic E-state index is 0.0442. The van der Waals surface area contributed by atoms with E-state index in [9.17, 15) is 4.79 Å². The van der Waals surface area contributed by atoms with Gasteiger partial charge in [-0.3, -0.25) is 4.79 Å². The molecule has 5 heteroatoms. The summed E-state index contributed by atoms with van der Waals surface area (Å²) in [4.78, 5) is 12.1. The molecule has 0 aliphatic rings. The molecule has 0 saturated carbocycles. The standard InChI is InChI=1S/C19H18BrN3O/c1-14-4-2-3-5-15(14)10-11-22-13-16(12-21)19(24)23-18-8-6-17(20)7-9-18/h2-9,13,22H,10-11H2,1H3,(H,23,24)/b16-13-. The smallest absolute Gasteiger partial charge is 0.267 e. The van der Waals surface area contributed by atoms with Crippen molar-refractivity contribution in [2.45, 2.75) is 13.3 Å². The van der Waals surface area contributed by atoms with Crippen LogP contribution in [0.15, 0.2) is 64.8 Å². The van der Waals surface area contributed by atoms with Crippen molar-refractivity contribution >= 4 is 27.5 Å². The van der Waals surface area contributed by atoms with Gasteiger partial charge in [-0.25, -0.2) is 0 Å². The van der Waals surface area contributed by atoms with E-state index in [0.717, 1.165) is 10.9 Å². The summed E-state index contributed by atoms with van der Waals surface area (Å²) in [5.41, 5.74) is 3.17. The van der Waals surface area contributed by atoms with Crippen molar-refractivity contribution in [1.29, 1.82) is 5.26 Å². The highest BCUT2D eigenvalue weighted by Gasteiger charge is 2.09. The van der Waals surface area contributed by atoms with Gasteiger partial charge in [-0.05, 0) is 48.7 Å². The zero-order valence-corrected chi connectivity index (χ0v) is 14.9. The molecule has 0 heterocycles. The number of nitriles is 1. The van der Waals surface area contributed by atoms with Crippen LogP contribution in [0.1, 0.15) is 11.1 Å². The Balaban J connectivity index is 1.89. The topological polar surface area (TPSA) is 64.9 Å². The Kier molecular flexibility index (Phi) is 6.59. The van der Waals surface area contributed by atoms with E-state index in [2.05, 4.69) is 45.6 Å². The van der Waals surface area contributed by atoms with E-state index in [-0.39, 0.29) is 5.57 Å². The minimum atomic E-state index is -0.428. The molecule has 0 atom stereocenters. The average molecular weight is 384 g/mol. The molecule has 0 spiro atoms. The number of nitrogens with zero attached hydrogens (tertiary/aromatic N) is 1. The van der Waals surface area contributed by atoms with Crippen molar-refractivity contribution in [2.24, 2.45) is 0 Å². The van der Waals surface area contributed by atoms with Crippen LogP contribution >= 0.6 is 15.9 Å². The van der Waals surface area contributed by atoms with Crippen molar-refractivity contribution in [1.82, 2.24) is 5.32 Å². The predicted molar refractivity (Wildman–Crippen MR) is 99.4 cm³/mol. The van der Waals surface area contributed by atoms with Crippen molar-refractivity contribution in [2.75, 3.05) is 11.9 Å². The summed E-state index contributed by atoms with van der Waals surface area (Å²) in [6, 6.07) is 17.3. The molecule has 4 nitrogen and oxygen atoms in total. The van der Waals surface area contributed by atoms with Crippen LogP contribution in [-0.2, 0) is 11.2 Å². The second-order valence-electron chi connectivity index (χ2n) is 5.26. The van der Waals surface area contributed by atoms with Crippen LogP contribution in [0, 0.1) is 18.3 Å². The molecule has 1 amide bonds. The van der Waals surface area contributed by atoms with Crippen molar-refractivity contribution in [3.63, 3.8) is 0 Å². The van der Waals surface area contributed by atoms with E-state index in [1.165, 1.54) is 17.3 Å². The van der Waals surface area contributed by atoms with Crippen molar-refractivity contribution in [3.05, 3.63) is 75.9 Å². The minimum Gasteiger partial charge on any atom is -0.389 e. The van der Waals surface area contributed by atoms with Gasteiger partial charge in [0.2, 0.25) is 0 Å². The lowest BCUT2D eigenvalue weighted by molar-refractivity contribution is -0.112. The van der Waals surface area contributed by atoms with E-state index in [0.29, 0.717) is 12.2 Å². The molecule has 0 fully saturated rings. The second-order valence-corrected chi connectivity index (χ2v) is 6.18. The molecule has 0 bridgehead atoms. The fraction of sp³-hybridized carbons (Fsp3) is 0.158. The fourth-order valence-electron chi connectivity index (χ4n) is 2.15. The van der Waals surface area contributed by atoms with Gasteiger partial charge in [0.15, 0.2) is 0 Å². The lowest BCUT2D eigenvalue weighted by Crippen LogP contribution is -2.18. The fourth-order valence-corrected chi connectivity index (χ4v) is 2.42. The number of hydrogen-bond acceptors (Lipinski definition) is 3. The first kappa shape index (κ1) is 17.8. The highest BCUT2D eigenvalue weighted by Crippen LogP contribution is 2.14. The normalized spacial score (nSPS) is 10.8. The number of hydrogen-bond donors (Lipinski definition) is 2. The summed E-state index contributed by atoms with van der Waals surface area (Å²) in [6.07, 6.45) is 2.29. The molecule has 0 aliphatic carbocycles. The Morgan fingerprint density at radius 1 is 1.21 bits per heavy atom. The summed E-state index contributed by atoms with van der Waals surface area (Å²) in [6.45, 7) is 2.72. The number of halogens is 1. The quantitative estimate of drug-likeness (QED) is 0.451.